The Hall–Kier alpha value is -2.49. The average Bonchev–Trinajstić information content (AvgIpc) is 3.30. The van der Waals surface area contributed by atoms with E-state index in [1.807, 2.05) is 24.8 Å². The molecule has 8 nitrogen and oxygen atoms in total. The highest BCUT2D eigenvalue weighted by molar-refractivity contribution is 7.18. The van der Waals surface area contributed by atoms with Crippen molar-refractivity contribution in [3.05, 3.63) is 39.4 Å². The van der Waals surface area contributed by atoms with Crippen LogP contribution < -0.4 is 4.90 Å². The topological polar surface area (TPSA) is 74.9 Å². The maximum absolute atomic E-state index is 13.0. The number of morpholine rings is 1. The zero-order chi connectivity index (χ0) is 23.1. The number of aromatic nitrogens is 2. The van der Waals surface area contributed by atoms with Gasteiger partial charge in [-0.25, -0.2) is 9.97 Å². The zero-order valence-electron chi connectivity index (χ0n) is 19.8. The Morgan fingerprint density at radius 1 is 1.03 bits per heavy atom. The summed E-state index contributed by atoms with van der Waals surface area (Å²) in [5, 5.41) is 1.16. The summed E-state index contributed by atoms with van der Waals surface area (Å²) in [6.45, 7) is 14.9. The van der Waals surface area contributed by atoms with Gasteiger partial charge in [0.05, 0.1) is 30.7 Å². The van der Waals surface area contributed by atoms with E-state index in [2.05, 4.69) is 23.6 Å². The van der Waals surface area contributed by atoms with Crippen LogP contribution in [0.15, 0.2) is 10.5 Å². The number of piperazine rings is 1. The molecule has 2 fully saturated rings. The molecule has 33 heavy (non-hydrogen) atoms. The molecule has 0 atom stereocenters. The minimum atomic E-state index is 0.0485. The van der Waals surface area contributed by atoms with Crippen molar-refractivity contribution >= 4 is 33.3 Å². The lowest BCUT2D eigenvalue weighted by Gasteiger charge is -2.36. The van der Waals surface area contributed by atoms with Crippen LogP contribution in [-0.2, 0) is 11.3 Å². The fourth-order valence-electron chi connectivity index (χ4n) is 4.67. The third-order valence-corrected chi connectivity index (χ3v) is 7.76. The molecule has 9 heteroatoms. The number of nitrogens with zero attached hydrogens (tertiary/aromatic N) is 5. The van der Waals surface area contributed by atoms with Crippen LogP contribution in [0.2, 0.25) is 0 Å². The summed E-state index contributed by atoms with van der Waals surface area (Å²) >= 11 is 1.74. The van der Waals surface area contributed by atoms with Crippen LogP contribution in [0.5, 0.6) is 0 Å². The first kappa shape index (κ1) is 22.3. The molecule has 3 aromatic rings. The summed E-state index contributed by atoms with van der Waals surface area (Å²) in [4.78, 5) is 32.0. The quantitative estimate of drug-likeness (QED) is 0.580. The van der Waals surface area contributed by atoms with E-state index >= 15 is 0 Å². The van der Waals surface area contributed by atoms with E-state index < -0.39 is 0 Å². The summed E-state index contributed by atoms with van der Waals surface area (Å²) in [5.74, 6) is 3.38. The summed E-state index contributed by atoms with van der Waals surface area (Å²) in [5.41, 5.74) is 1.92. The number of amides is 1. The molecule has 0 aliphatic carbocycles. The third-order valence-electron chi connectivity index (χ3n) is 6.66. The van der Waals surface area contributed by atoms with Crippen LogP contribution in [-0.4, -0.2) is 78.2 Å². The maximum atomic E-state index is 13.0. The number of fused-ring (bicyclic) bond motifs is 1. The summed E-state index contributed by atoms with van der Waals surface area (Å²) < 4.78 is 11.1. The molecule has 3 aromatic heterocycles. The highest BCUT2D eigenvalue weighted by Crippen LogP contribution is 2.35. The number of anilines is 1. The molecule has 0 saturated carbocycles. The molecule has 5 heterocycles. The lowest BCUT2D eigenvalue weighted by Crippen LogP contribution is -2.49. The number of rotatable bonds is 4. The van der Waals surface area contributed by atoms with Crippen molar-refractivity contribution in [1.29, 1.82) is 0 Å². The SMILES string of the molecule is Cc1cc(C(=O)N2CCN(c3nc(CN4CCOCC4)nc4sc(C)c(C)c34)CC2)c(C)o1. The Bertz CT molecular complexity index is 1170. The molecule has 2 aliphatic rings. The Labute approximate surface area is 198 Å². The Morgan fingerprint density at radius 2 is 1.76 bits per heavy atom. The molecule has 1 amide bonds. The van der Waals surface area contributed by atoms with E-state index in [-0.39, 0.29) is 5.91 Å². The van der Waals surface area contributed by atoms with Crippen molar-refractivity contribution in [2.75, 3.05) is 57.4 Å². The minimum absolute atomic E-state index is 0.0485. The molecular formula is C24H31N5O3S. The highest BCUT2D eigenvalue weighted by atomic mass is 32.1. The molecule has 0 unspecified atom stereocenters. The van der Waals surface area contributed by atoms with Crippen molar-refractivity contribution in [1.82, 2.24) is 19.8 Å². The molecule has 2 aliphatic heterocycles. The monoisotopic (exact) mass is 469 g/mol. The number of thiophene rings is 1. The largest absolute Gasteiger partial charge is 0.466 e. The maximum Gasteiger partial charge on any atom is 0.257 e. The Balaban J connectivity index is 1.38. The van der Waals surface area contributed by atoms with Gasteiger partial charge >= 0.3 is 0 Å². The van der Waals surface area contributed by atoms with Crippen LogP contribution in [0.1, 0.15) is 38.1 Å². The standard InChI is InChI=1S/C24H31N5O3S/c1-15-13-19(17(3)32-15)24(30)29-7-5-28(6-8-29)22-21-16(2)18(4)33-23(21)26-20(25-22)14-27-9-11-31-12-10-27/h13H,5-12,14H2,1-4H3. The van der Waals surface area contributed by atoms with Gasteiger partial charge in [-0.15, -0.1) is 11.3 Å². The molecule has 0 radical (unpaired) electrons. The lowest BCUT2D eigenvalue weighted by molar-refractivity contribution is 0.0331. The van der Waals surface area contributed by atoms with Gasteiger partial charge in [-0.2, -0.15) is 0 Å². The van der Waals surface area contributed by atoms with E-state index in [9.17, 15) is 4.79 Å². The van der Waals surface area contributed by atoms with Crippen LogP contribution in [0.25, 0.3) is 10.2 Å². The summed E-state index contributed by atoms with van der Waals surface area (Å²) in [6.07, 6.45) is 0. The zero-order valence-corrected chi connectivity index (χ0v) is 20.6. The predicted molar refractivity (Wildman–Crippen MR) is 129 cm³/mol. The Kier molecular flexibility index (Phi) is 6.11. The van der Waals surface area contributed by atoms with Gasteiger partial charge in [0, 0.05) is 44.1 Å². The van der Waals surface area contributed by atoms with Crippen LogP contribution in [0.4, 0.5) is 5.82 Å². The number of hydrogen-bond acceptors (Lipinski definition) is 8. The van der Waals surface area contributed by atoms with E-state index in [0.717, 1.165) is 73.6 Å². The number of carbonyl (C=O) groups excluding carboxylic acids is 1. The molecule has 5 rings (SSSR count). The van der Waals surface area contributed by atoms with Gasteiger partial charge in [-0.1, -0.05) is 0 Å². The first-order valence-corrected chi connectivity index (χ1v) is 12.4. The second kappa shape index (κ2) is 9.04. The van der Waals surface area contributed by atoms with E-state index in [1.165, 1.54) is 10.4 Å². The molecule has 0 aromatic carbocycles. The number of furan rings is 1. The van der Waals surface area contributed by atoms with Gasteiger partial charge in [-0.05, 0) is 39.3 Å². The summed E-state index contributed by atoms with van der Waals surface area (Å²) in [6, 6.07) is 1.84. The summed E-state index contributed by atoms with van der Waals surface area (Å²) in [7, 11) is 0. The second-order valence-electron chi connectivity index (χ2n) is 8.92. The van der Waals surface area contributed by atoms with E-state index in [4.69, 9.17) is 19.1 Å². The van der Waals surface area contributed by atoms with Gasteiger partial charge in [-0.3, -0.25) is 9.69 Å². The van der Waals surface area contributed by atoms with Crippen molar-refractivity contribution in [2.24, 2.45) is 0 Å². The normalized spacial score (nSPS) is 17.8. The van der Waals surface area contributed by atoms with Gasteiger partial charge < -0.3 is 19.0 Å². The molecule has 0 N–H and O–H groups in total. The minimum Gasteiger partial charge on any atom is -0.466 e. The fourth-order valence-corrected chi connectivity index (χ4v) is 5.71. The van der Waals surface area contributed by atoms with Crippen molar-refractivity contribution in [3.63, 3.8) is 0 Å². The molecular weight excluding hydrogens is 438 g/mol. The molecule has 2 saturated heterocycles. The van der Waals surface area contributed by atoms with Gasteiger partial charge in [0.2, 0.25) is 0 Å². The first-order chi connectivity index (χ1) is 15.9. The average molecular weight is 470 g/mol. The van der Waals surface area contributed by atoms with Gasteiger partial charge in [0.25, 0.3) is 5.91 Å². The molecule has 176 valence electrons. The van der Waals surface area contributed by atoms with Crippen molar-refractivity contribution < 1.29 is 13.9 Å². The van der Waals surface area contributed by atoms with Crippen LogP contribution in [0.3, 0.4) is 0 Å². The van der Waals surface area contributed by atoms with Crippen molar-refractivity contribution in [2.45, 2.75) is 34.2 Å². The number of carbonyl (C=O) groups is 1. The predicted octanol–water partition coefficient (Wildman–Crippen LogP) is 3.31. The lowest BCUT2D eigenvalue weighted by atomic mass is 10.1. The first-order valence-electron chi connectivity index (χ1n) is 11.6. The van der Waals surface area contributed by atoms with E-state index in [0.29, 0.717) is 24.4 Å². The number of aryl methyl sites for hydroxylation is 4. The Morgan fingerprint density at radius 3 is 2.42 bits per heavy atom. The number of ether oxygens (including phenoxy) is 1. The van der Waals surface area contributed by atoms with Gasteiger partial charge in [0.15, 0.2) is 0 Å². The second-order valence-corrected chi connectivity index (χ2v) is 10.1. The third kappa shape index (κ3) is 4.37. The number of hydrogen-bond donors (Lipinski definition) is 0. The van der Waals surface area contributed by atoms with Crippen LogP contribution >= 0.6 is 11.3 Å². The van der Waals surface area contributed by atoms with Crippen LogP contribution in [0, 0.1) is 27.7 Å². The fraction of sp³-hybridized carbons (Fsp3) is 0.542. The van der Waals surface area contributed by atoms with E-state index in [1.54, 1.807) is 11.3 Å². The van der Waals surface area contributed by atoms with Crippen molar-refractivity contribution in [3.8, 4) is 0 Å². The molecule has 0 bridgehead atoms. The molecule has 0 spiro atoms. The van der Waals surface area contributed by atoms with Gasteiger partial charge in [0.1, 0.15) is 28.0 Å². The highest BCUT2D eigenvalue weighted by Gasteiger charge is 2.28. The smallest absolute Gasteiger partial charge is 0.257 e.